The number of esters is 1. The molecule has 0 radical (unpaired) electrons. The van der Waals surface area contributed by atoms with Gasteiger partial charge >= 0.3 is 12.0 Å². The second-order valence-electron chi connectivity index (χ2n) is 5.88. The molecule has 0 aliphatic heterocycles. The molecule has 0 heterocycles. The number of rotatable bonds is 6. The SMILES string of the molecule is CC(C)NC(=O)NCc1ccc(C(=O)OCc2ccc(Cl)cc2)cc1. The zero-order chi connectivity index (χ0) is 18.2. The van der Waals surface area contributed by atoms with Crippen molar-refractivity contribution in [1.82, 2.24) is 10.6 Å². The van der Waals surface area contributed by atoms with Crippen LogP contribution in [0.3, 0.4) is 0 Å². The number of urea groups is 1. The Balaban J connectivity index is 1.83. The molecule has 132 valence electrons. The van der Waals surface area contributed by atoms with Gasteiger partial charge < -0.3 is 15.4 Å². The van der Waals surface area contributed by atoms with Crippen LogP contribution < -0.4 is 10.6 Å². The summed E-state index contributed by atoms with van der Waals surface area (Å²) in [6.07, 6.45) is 0. The van der Waals surface area contributed by atoms with E-state index in [9.17, 15) is 9.59 Å². The number of hydrogen-bond donors (Lipinski definition) is 2. The van der Waals surface area contributed by atoms with Crippen molar-refractivity contribution in [3.8, 4) is 0 Å². The van der Waals surface area contributed by atoms with Crippen LogP contribution in [-0.2, 0) is 17.9 Å². The third-order valence-corrected chi connectivity index (χ3v) is 3.60. The minimum atomic E-state index is -0.396. The number of benzene rings is 2. The molecule has 0 aliphatic rings. The van der Waals surface area contributed by atoms with Crippen LogP contribution in [-0.4, -0.2) is 18.0 Å². The molecule has 0 bridgehead atoms. The smallest absolute Gasteiger partial charge is 0.338 e. The average molecular weight is 361 g/mol. The highest BCUT2D eigenvalue weighted by atomic mass is 35.5. The lowest BCUT2D eigenvalue weighted by Crippen LogP contribution is -2.39. The van der Waals surface area contributed by atoms with E-state index in [1.54, 1.807) is 36.4 Å². The van der Waals surface area contributed by atoms with Gasteiger partial charge in [-0.05, 0) is 49.2 Å². The molecule has 0 aliphatic carbocycles. The molecule has 0 atom stereocenters. The Hall–Kier alpha value is -2.53. The van der Waals surface area contributed by atoms with E-state index >= 15 is 0 Å². The first kappa shape index (κ1) is 18.8. The summed E-state index contributed by atoms with van der Waals surface area (Å²) in [7, 11) is 0. The molecular weight excluding hydrogens is 340 g/mol. The molecular formula is C19H21ClN2O3. The predicted octanol–water partition coefficient (Wildman–Crippen LogP) is 3.90. The first-order valence-corrected chi connectivity index (χ1v) is 8.36. The van der Waals surface area contributed by atoms with Crippen molar-refractivity contribution >= 4 is 23.6 Å². The van der Waals surface area contributed by atoms with Crippen molar-refractivity contribution in [2.24, 2.45) is 0 Å². The molecule has 0 spiro atoms. The van der Waals surface area contributed by atoms with Crippen LogP contribution in [0.5, 0.6) is 0 Å². The van der Waals surface area contributed by atoms with Crippen LogP contribution in [0.15, 0.2) is 48.5 Å². The highest BCUT2D eigenvalue weighted by molar-refractivity contribution is 6.30. The quantitative estimate of drug-likeness (QED) is 0.767. The lowest BCUT2D eigenvalue weighted by atomic mass is 10.1. The normalized spacial score (nSPS) is 10.4. The van der Waals surface area contributed by atoms with E-state index in [0.717, 1.165) is 11.1 Å². The second kappa shape index (κ2) is 9.08. The minimum absolute atomic E-state index is 0.0813. The van der Waals surface area contributed by atoms with Gasteiger partial charge in [0, 0.05) is 17.6 Å². The number of halogens is 1. The Labute approximate surface area is 152 Å². The van der Waals surface area contributed by atoms with E-state index < -0.39 is 5.97 Å². The topological polar surface area (TPSA) is 67.4 Å². The Bertz CT molecular complexity index is 712. The molecule has 2 aromatic carbocycles. The predicted molar refractivity (Wildman–Crippen MR) is 97.5 cm³/mol. The van der Waals surface area contributed by atoms with Crippen molar-refractivity contribution in [2.45, 2.75) is 33.0 Å². The molecule has 2 aromatic rings. The average Bonchev–Trinajstić information content (AvgIpc) is 2.59. The summed E-state index contributed by atoms with van der Waals surface area (Å²) in [4.78, 5) is 23.6. The maximum Gasteiger partial charge on any atom is 0.338 e. The zero-order valence-corrected chi connectivity index (χ0v) is 15.0. The second-order valence-corrected chi connectivity index (χ2v) is 6.32. The first-order chi connectivity index (χ1) is 11.9. The summed E-state index contributed by atoms with van der Waals surface area (Å²) in [5.74, 6) is -0.396. The number of hydrogen-bond acceptors (Lipinski definition) is 3. The molecule has 2 N–H and O–H groups in total. The Morgan fingerprint density at radius 2 is 1.60 bits per heavy atom. The monoisotopic (exact) mass is 360 g/mol. The Morgan fingerprint density at radius 1 is 1.00 bits per heavy atom. The summed E-state index contributed by atoms with van der Waals surface area (Å²) >= 11 is 5.82. The van der Waals surface area contributed by atoms with E-state index in [1.807, 2.05) is 26.0 Å². The largest absolute Gasteiger partial charge is 0.457 e. The summed E-state index contributed by atoms with van der Waals surface area (Å²) < 4.78 is 5.27. The van der Waals surface area contributed by atoms with Gasteiger partial charge in [-0.2, -0.15) is 0 Å². The van der Waals surface area contributed by atoms with Gasteiger partial charge in [-0.25, -0.2) is 9.59 Å². The van der Waals surface area contributed by atoms with Gasteiger partial charge in [0.05, 0.1) is 5.56 Å². The molecule has 0 unspecified atom stereocenters. The van der Waals surface area contributed by atoms with Crippen LogP contribution >= 0.6 is 11.6 Å². The highest BCUT2D eigenvalue weighted by Crippen LogP contribution is 2.12. The molecule has 0 saturated carbocycles. The molecule has 0 fully saturated rings. The Kier molecular flexibility index (Phi) is 6.83. The summed E-state index contributed by atoms with van der Waals surface area (Å²) in [6, 6.07) is 13.9. The van der Waals surface area contributed by atoms with Gasteiger partial charge in [-0.15, -0.1) is 0 Å². The van der Waals surface area contributed by atoms with Gasteiger partial charge in [0.25, 0.3) is 0 Å². The van der Waals surface area contributed by atoms with E-state index in [4.69, 9.17) is 16.3 Å². The molecule has 2 amide bonds. The van der Waals surface area contributed by atoms with Gasteiger partial charge in [0.15, 0.2) is 0 Å². The van der Waals surface area contributed by atoms with Crippen molar-refractivity contribution in [2.75, 3.05) is 0 Å². The number of carbonyl (C=O) groups excluding carboxylic acids is 2. The number of ether oxygens (including phenoxy) is 1. The third-order valence-electron chi connectivity index (χ3n) is 3.35. The first-order valence-electron chi connectivity index (χ1n) is 7.99. The van der Waals surface area contributed by atoms with Crippen LogP contribution in [0.4, 0.5) is 4.79 Å². The Morgan fingerprint density at radius 3 is 2.20 bits per heavy atom. The number of nitrogens with one attached hydrogen (secondary N) is 2. The van der Waals surface area contributed by atoms with Gasteiger partial charge in [-0.3, -0.25) is 0 Å². The maximum atomic E-state index is 12.1. The lowest BCUT2D eigenvalue weighted by Gasteiger charge is -2.10. The van der Waals surface area contributed by atoms with Crippen LogP contribution in [0.2, 0.25) is 5.02 Å². The van der Waals surface area contributed by atoms with Crippen LogP contribution in [0, 0.1) is 0 Å². The number of carbonyl (C=O) groups is 2. The van der Waals surface area contributed by atoms with Crippen LogP contribution in [0.25, 0.3) is 0 Å². The molecule has 0 aromatic heterocycles. The van der Waals surface area contributed by atoms with Gasteiger partial charge in [0.2, 0.25) is 0 Å². The fraction of sp³-hybridized carbons (Fsp3) is 0.263. The van der Waals surface area contributed by atoms with E-state index in [-0.39, 0.29) is 18.7 Å². The van der Waals surface area contributed by atoms with E-state index in [0.29, 0.717) is 17.1 Å². The fourth-order valence-electron chi connectivity index (χ4n) is 2.07. The molecule has 5 nitrogen and oxygen atoms in total. The number of amides is 2. The maximum absolute atomic E-state index is 12.1. The van der Waals surface area contributed by atoms with Crippen molar-refractivity contribution in [3.63, 3.8) is 0 Å². The standard InChI is InChI=1S/C19H21ClN2O3/c1-13(2)22-19(24)21-11-14-3-7-16(8-4-14)18(23)25-12-15-5-9-17(20)10-6-15/h3-10,13H,11-12H2,1-2H3,(H2,21,22,24). The van der Waals surface area contributed by atoms with Gasteiger partial charge in [-0.1, -0.05) is 35.9 Å². The van der Waals surface area contributed by atoms with E-state index in [1.165, 1.54) is 0 Å². The summed E-state index contributed by atoms with van der Waals surface area (Å²) in [5, 5.41) is 6.14. The molecule has 6 heteroatoms. The minimum Gasteiger partial charge on any atom is -0.457 e. The molecule has 25 heavy (non-hydrogen) atoms. The van der Waals surface area contributed by atoms with Gasteiger partial charge in [0.1, 0.15) is 6.61 Å². The van der Waals surface area contributed by atoms with Crippen molar-refractivity contribution in [3.05, 3.63) is 70.2 Å². The molecule has 2 rings (SSSR count). The highest BCUT2D eigenvalue weighted by Gasteiger charge is 2.08. The third kappa shape index (κ3) is 6.47. The van der Waals surface area contributed by atoms with E-state index in [2.05, 4.69) is 10.6 Å². The van der Waals surface area contributed by atoms with Crippen molar-refractivity contribution in [1.29, 1.82) is 0 Å². The summed E-state index contributed by atoms with van der Waals surface area (Å²) in [5.41, 5.74) is 2.23. The summed E-state index contributed by atoms with van der Waals surface area (Å²) in [6.45, 7) is 4.36. The fourth-order valence-corrected chi connectivity index (χ4v) is 2.19. The van der Waals surface area contributed by atoms with Crippen LogP contribution in [0.1, 0.15) is 35.3 Å². The lowest BCUT2D eigenvalue weighted by molar-refractivity contribution is 0.0472. The molecule has 0 saturated heterocycles. The zero-order valence-electron chi connectivity index (χ0n) is 14.2. The van der Waals surface area contributed by atoms with Crippen molar-refractivity contribution < 1.29 is 14.3 Å².